The fourth-order valence-corrected chi connectivity index (χ4v) is 3.77. The van der Waals surface area contributed by atoms with Gasteiger partial charge in [-0.25, -0.2) is 13.1 Å². The number of aromatic nitrogens is 2. The van der Waals surface area contributed by atoms with Crippen LogP contribution >= 0.6 is 0 Å². The molecule has 3 rings (SSSR count). The van der Waals surface area contributed by atoms with Crippen LogP contribution in [0.1, 0.15) is 27.3 Å². The number of hydrogen-bond acceptors (Lipinski definition) is 4. The topological polar surface area (TPSA) is 81.1 Å². The zero-order valence-corrected chi connectivity index (χ0v) is 15.3. The second-order valence-corrected chi connectivity index (χ2v) is 7.70. The first-order valence-electron chi connectivity index (χ1n) is 8.05. The van der Waals surface area contributed by atoms with Crippen molar-refractivity contribution in [1.82, 2.24) is 14.3 Å². The molecular formula is C19H19N3O3S. The van der Waals surface area contributed by atoms with Gasteiger partial charge in [0.05, 0.1) is 12.2 Å². The minimum Gasteiger partial charge on any atom is -0.343 e. The van der Waals surface area contributed by atoms with Gasteiger partial charge in [0.25, 0.3) is 0 Å². The van der Waals surface area contributed by atoms with Crippen LogP contribution in [0.3, 0.4) is 0 Å². The van der Waals surface area contributed by atoms with Gasteiger partial charge >= 0.3 is 0 Å². The summed E-state index contributed by atoms with van der Waals surface area (Å²) in [7, 11) is -1.90. The Hall–Kier alpha value is -2.77. The summed E-state index contributed by atoms with van der Waals surface area (Å²) in [6, 6.07) is 13.9. The Morgan fingerprint density at radius 3 is 2.54 bits per heavy atom. The van der Waals surface area contributed by atoms with Crippen molar-refractivity contribution in [3.63, 3.8) is 0 Å². The number of carbonyl (C=O) groups is 1. The third-order valence-electron chi connectivity index (χ3n) is 4.16. The molecule has 1 N–H and O–H groups in total. The zero-order valence-electron chi connectivity index (χ0n) is 14.5. The lowest BCUT2D eigenvalue weighted by molar-refractivity contribution is 0.103. The Morgan fingerprint density at radius 1 is 1.15 bits per heavy atom. The van der Waals surface area contributed by atoms with E-state index in [0.717, 1.165) is 5.56 Å². The summed E-state index contributed by atoms with van der Waals surface area (Å²) in [6.45, 7) is 1.92. The maximum atomic E-state index is 12.8. The molecule has 2 aromatic heterocycles. The third-order valence-corrected chi connectivity index (χ3v) is 5.55. The molecule has 3 aromatic rings. The van der Waals surface area contributed by atoms with Crippen LogP contribution in [0, 0.1) is 6.92 Å². The van der Waals surface area contributed by atoms with Crippen LogP contribution in [0.4, 0.5) is 0 Å². The minimum absolute atomic E-state index is 0.0800. The number of hydrogen-bond donors (Lipinski definition) is 1. The highest BCUT2D eigenvalue weighted by Crippen LogP contribution is 2.19. The Morgan fingerprint density at radius 2 is 1.88 bits per heavy atom. The Bertz CT molecular complexity index is 1030. The fourth-order valence-electron chi connectivity index (χ4n) is 2.81. The number of sulfonamides is 1. The lowest BCUT2D eigenvalue weighted by atomic mass is 10.1. The number of rotatable bonds is 6. The molecule has 0 amide bonds. The van der Waals surface area contributed by atoms with E-state index in [4.69, 9.17) is 0 Å². The molecule has 0 saturated heterocycles. The molecule has 26 heavy (non-hydrogen) atoms. The van der Waals surface area contributed by atoms with Gasteiger partial charge in [-0.3, -0.25) is 9.78 Å². The molecule has 0 bridgehead atoms. The van der Waals surface area contributed by atoms with Crippen LogP contribution in [0.5, 0.6) is 0 Å². The lowest BCUT2D eigenvalue weighted by Crippen LogP contribution is -2.24. The van der Waals surface area contributed by atoms with Crippen molar-refractivity contribution in [2.45, 2.75) is 18.4 Å². The van der Waals surface area contributed by atoms with Gasteiger partial charge in [-0.2, -0.15) is 0 Å². The summed E-state index contributed by atoms with van der Waals surface area (Å²) in [5, 5.41) is 0. The zero-order chi connectivity index (χ0) is 18.7. The van der Waals surface area contributed by atoms with Crippen molar-refractivity contribution in [1.29, 1.82) is 0 Å². The van der Waals surface area contributed by atoms with Gasteiger partial charge in [0.1, 0.15) is 4.90 Å². The quantitative estimate of drug-likeness (QED) is 0.677. The molecule has 0 unspecified atom stereocenters. The number of nitrogens with one attached hydrogen (secondary N) is 1. The first kappa shape index (κ1) is 18.0. The Kier molecular flexibility index (Phi) is 5.01. The van der Waals surface area contributed by atoms with E-state index >= 15 is 0 Å². The Labute approximate surface area is 152 Å². The SMILES string of the molecule is Cc1cc(CNS(=O)(=O)c2cccnc2)n(C)c1C(=O)c1ccccc1. The summed E-state index contributed by atoms with van der Waals surface area (Å²) in [6.07, 6.45) is 2.81. The standard InChI is InChI=1S/C19H19N3O3S/c1-14-11-16(12-21-26(24,25)17-9-6-10-20-13-17)22(2)18(14)19(23)15-7-4-3-5-8-15/h3-11,13,21H,12H2,1-2H3. The molecule has 1 aromatic carbocycles. The van der Waals surface area contributed by atoms with Gasteiger partial charge in [0.15, 0.2) is 0 Å². The molecule has 0 atom stereocenters. The molecule has 6 nitrogen and oxygen atoms in total. The van der Waals surface area contributed by atoms with Crippen molar-refractivity contribution in [3.8, 4) is 0 Å². The smallest absolute Gasteiger partial charge is 0.242 e. The molecule has 0 aliphatic carbocycles. The van der Waals surface area contributed by atoms with Gasteiger partial charge in [-0.05, 0) is 30.7 Å². The van der Waals surface area contributed by atoms with Crippen LogP contribution in [0.25, 0.3) is 0 Å². The molecule has 2 heterocycles. The maximum absolute atomic E-state index is 12.8. The van der Waals surface area contributed by atoms with E-state index in [1.165, 1.54) is 18.5 Å². The summed E-state index contributed by atoms with van der Waals surface area (Å²) in [5.74, 6) is -0.0908. The van der Waals surface area contributed by atoms with Crippen LogP contribution in [-0.4, -0.2) is 23.8 Å². The summed E-state index contributed by atoms with van der Waals surface area (Å²) < 4.78 is 29.0. The van der Waals surface area contributed by atoms with E-state index < -0.39 is 10.0 Å². The number of ketones is 1. The van der Waals surface area contributed by atoms with Crippen LogP contribution in [0.15, 0.2) is 65.8 Å². The van der Waals surface area contributed by atoms with E-state index in [0.29, 0.717) is 17.0 Å². The third kappa shape index (κ3) is 3.58. The van der Waals surface area contributed by atoms with Crippen LogP contribution in [-0.2, 0) is 23.6 Å². The molecule has 0 radical (unpaired) electrons. The van der Waals surface area contributed by atoms with Crippen molar-refractivity contribution < 1.29 is 13.2 Å². The molecule has 7 heteroatoms. The van der Waals surface area contributed by atoms with Gasteiger partial charge in [-0.1, -0.05) is 30.3 Å². The second kappa shape index (κ2) is 7.23. The molecule has 0 spiro atoms. The van der Waals surface area contributed by atoms with Crippen molar-refractivity contribution in [2.75, 3.05) is 0 Å². The number of aryl methyl sites for hydroxylation is 1. The van der Waals surface area contributed by atoms with Gasteiger partial charge in [0, 0.05) is 30.7 Å². The van der Waals surface area contributed by atoms with E-state index in [-0.39, 0.29) is 17.2 Å². The molecule has 0 aliphatic rings. The average Bonchev–Trinajstić information content (AvgIpc) is 2.94. The lowest BCUT2D eigenvalue weighted by Gasteiger charge is -2.09. The average molecular weight is 369 g/mol. The summed E-state index contributed by atoms with van der Waals surface area (Å²) in [4.78, 5) is 16.7. The van der Waals surface area contributed by atoms with Crippen LogP contribution < -0.4 is 4.72 Å². The largest absolute Gasteiger partial charge is 0.343 e. The minimum atomic E-state index is -3.66. The van der Waals surface area contributed by atoms with Crippen molar-refractivity contribution in [2.24, 2.45) is 7.05 Å². The second-order valence-electron chi connectivity index (χ2n) is 5.93. The van der Waals surface area contributed by atoms with E-state index in [1.807, 2.05) is 31.2 Å². The number of nitrogens with zero attached hydrogens (tertiary/aromatic N) is 2. The monoisotopic (exact) mass is 369 g/mol. The number of carbonyl (C=O) groups excluding carboxylic acids is 1. The Balaban J connectivity index is 1.84. The summed E-state index contributed by atoms with van der Waals surface area (Å²) >= 11 is 0. The molecule has 0 fully saturated rings. The first-order chi connectivity index (χ1) is 12.4. The van der Waals surface area contributed by atoms with Crippen molar-refractivity contribution >= 4 is 15.8 Å². The molecular weight excluding hydrogens is 350 g/mol. The van der Waals surface area contributed by atoms with E-state index in [2.05, 4.69) is 9.71 Å². The van der Waals surface area contributed by atoms with E-state index in [1.54, 1.807) is 29.8 Å². The van der Waals surface area contributed by atoms with Gasteiger partial charge in [-0.15, -0.1) is 0 Å². The molecule has 134 valence electrons. The van der Waals surface area contributed by atoms with Gasteiger partial charge < -0.3 is 4.57 Å². The number of benzene rings is 1. The number of pyridine rings is 1. The predicted octanol–water partition coefficient (Wildman–Crippen LogP) is 2.44. The fraction of sp³-hybridized carbons (Fsp3) is 0.158. The highest BCUT2D eigenvalue weighted by atomic mass is 32.2. The van der Waals surface area contributed by atoms with Crippen LogP contribution in [0.2, 0.25) is 0 Å². The van der Waals surface area contributed by atoms with Crippen molar-refractivity contribution in [3.05, 3.63) is 83.4 Å². The van der Waals surface area contributed by atoms with E-state index in [9.17, 15) is 13.2 Å². The van der Waals surface area contributed by atoms with Gasteiger partial charge in [0.2, 0.25) is 15.8 Å². The summed E-state index contributed by atoms with van der Waals surface area (Å²) in [5.41, 5.74) is 2.65. The first-order valence-corrected chi connectivity index (χ1v) is 9.53. The molecule has 0 saturated carbocycles. The predicted molar refractivity (Wildman–Crippen MR) is 98.3 cm³/mol. The molecule has 0 aliphatic heterocycles. The normalized spacial score (nSPS) is 11.5. The highest BCUT2D eigenvalue weighted by Gasteiger charge is 2.20. The highest BCUT2D eigenvalue weighted by molar-refractivity contribution is 7.89. The maximum Gasteiger partial charge on any atom is 0.242 e.